The van der Waals surface area contributed by atoms with Crippen molar-refractivity contribution < 1.29 is 9.50 Å². The van der Waals surface area contributed by atoms with Crippen molar-refractivity contribution in [3.05, 3.63) is 59.9 Å². The van der Waals surface area contributed by atoms with E-state index in [9.17, 15) is 9.50 Å². The summed E-state index contributed by atoms with van der Waals surface area (Å²) in [6.07, 6.45) is 2.12. The van der Waals surface area contributed by atoms with Crippen molar-refractivity contribution in [2.45, 2.75) is 18.3 Å². The van der Waals surface area contributed by atoms with E-state index >= 15 is 0 Å². The topological polar surface area (TPSA) is 20.2 Å². The second-order valence-electron chi connectivity index (χ2n) is 5.03. The highest BCUT2D eigenvalue weighted by Gasteiger charge is 2.43. The normalized spacial score (nSPS) is 16.6. The molecule has 0 bridgehead atoms. The zero-order valence-electron chi connectivity index (χ0n) is 10.1. The lowest BCUT2D eigenvalue weighted by molar-refractivity contribution is 0.255. The fourth-order valence-corrected chi connectivity index (χ4v) is 2.37. The van der Waals surface area contributed by atoms with Crippen molar-refractivity contribution in [1.82, 2.24) is 0 Å². The van der Waals surface area contributed by atoms with Gasteiger partial charge in [0.25, 0.3) is 0 Å². The number of rotatable bonds is 3. The van der Waals surface area contributed by atoms with Gasteiger partial charge < -0.3 is 5.11 Å². The number of benzene rings is 2. The molecule has 92 valence electrons. The van der Waals surface area contributed by atoms with Crippen LogP contribution in [0.4, 0.5) is 4.39 Å². The van der Waals surface area contributed by atoms with Crippen LogP contribution >= 0.6 is 0 Å². The molecular formula is C16H15FO. The van der Waals surface area contributed by atoms with Gasteiger partial charge in [-0.3, -0.25) is 0 Å². The number of aliphatic hydroxyl groups excluding tert-OH is 1. The smallest absolute Gasteiger partial charge is 0.123 e. The summed E-state index contributed by atoms with van der Waals surface area (Å²) in [6.45, 7) is 0.215. The lowest BCUT2D eigenvalue weighted by atomic mass is 9.94. The third-order valence-corrected chi connectivity index (χ3v) is 3.81. The van der Waals surface area contributed by atoms with Gasteiger partial charge in [0.1, 0.15) is 5.82 Å². The lowest BCUT2D eigenvalue weighted by Gasteiger charge is -2.12. The maximum absolute atomic E-state index is 13.2. The molecule has 1 nitrogen and oxygen atoms in total. The molecule has 0 heterocycles. The lowest BCUT2D eigenvalue weighted by Crippen LogP contribution is -2.11. The van der Waals surface area contributed by atoms with Crippen LogP contribution in [0.3, 0.4) is 0 Å². The van der Waals surface area contributed by atoms with Crippen molar-refractivity contribution in [3.8, 4) is 11.1 Å². The molecule has 1 fully saturated rings. The van der Waals surface area contributed by atoms with Gasteiger partial charge in [-0.2, -0.15) is 0 Å². The second kappa shape index (κ2) is 4.21. The van der Waals surface area contributed by atoms with E-state index < -0.39 is 0 Å². The van der Waals surface area contributed by atoms with E-state index in [0.717, 1.165) is 24.0 Å². The first-order chi connectivity index (χ1) is 8.73. The van der Waals surface area contributed by atoms with E-state index in [0.29, 0.717) is 0 Å². The van der Waals surface area contributed by atoms with Gasteiger partial charge in [0.05, 0.1) is 6.61 Å². The SMILES string of the molecule is OCC1(c2ccc(-c3cccc(F)c3)cc2)CC1. The fraction of sp³-hybridized carbons (Fsp3) is 0.250. The van der Waals surface area contributed by atoms with Crippen LogP contribution in [0.1, 0.15) is 18.4 Å². The zero-order chi connectivity index (χ0) is 12.6. The summed E-state index contributed by atoms with van der Waals surface area (Å²) < 4.78 is 13.2. The van der Waals surface area contributed by atoms with Crippen LogP contribution in [0.15, 0.2) is 48.5 Å². The first-order valence-corrected chi connectivity index (χ1v) is 6.21. The molecule has 0 amide bonds. The molecule has 0 radical (unpaired) electrons. The Morgan fingerprint density at radius 3 is 2.28 bits per heavy atom. The molecule has 3 rings (SSSR count). The summed E-state index contributed by atoms with van der Waals surface area (Å²) in [5.41, 5.74) is 3.08. The van der Waals surface area contributed by atoms with Crippen LogP contribution < -0.4 is 0 Å². The Morgan fingerprint density at radius 2 is 1.72 bits per heavy atom. The molecule has 0 unspecified atom stereocenters. The van der Waals surface area contributed by atoms with E-state index in [1.807, 2.05) is 30.3 Å². The van der Waals surface area contributed by atoms with Gasteiger partial charge >= 0.3 is 0 Å². The maximum Gasteiger partial charge on any atom is 0.123 e. The highest BCUT2D eigenvalue weighted by Crippen LogP contribution is 2.47. The summed E-state index contributed by atoms with van der Waals surface area (Å²) in [5.74, 6) is -0.217. The summed E-state index contributed by atoms with van der Waals surface area (Å²) >= 11 is 0. The summed E-state index contributed by atoms with van der Waals surface area (Å²) in [4.78, 5) is 0. The molecule has 1 saturated carbocycles. The summed E-state index contributed by atoms with van der Waals surface area (Å²) in [5, 5.41) is 9.38. The molecule has 0 saturated heterocycles. The maximum atomic E-state index is 13.2. The van der Waals surface area contributed by atoms with Crippen molar-refractivity contribution in [3.63, 3.8) is 0 Å². The van der Waals surface area contributed by atoms with E-state index in [-0.39, 0.29) is 17.8 Å². The largest absolute Gasteiger partial charge is 0.395 e. The van der Waals surface area contributed by atoms with Gasteiger partial charge in [0.15, 0.2) is 0 Å². The molecule has 2 aromatic carbocycles. The van der Waals surface area contributed by atoms with Crippen molar-refractivity contribution >= 4 is 0 Å². The minimum absolute atomic E-state index is 0.000464. The quantitative estimate of drug-likeness (QED) is 0.873. The van der Waals surface area contributed by atoms with Gasteiger partial charge in [-0.25, -0.2) is 4.39 Å². The predicted molar refractivity (Wildman–Crippen MR) is 69.8 cm³/mol. The molecule has 1 N–H and O–H groups in total. The molecule has 2 aromatic rings. The van der Waals surface area contributed by atoms with E-state index in [1.54, 1.807) is 6.07 Å². The third kappa shape index (κ3) is 1.93. The van der Waals surface area contributed by atoms with Crippen LogP contribution in [0.25, 0.3) is 11.1 Å². The first-order valence-electron chi connectivity index (χ1n) is 6.21. The minimum atomic E-state index is -0.217. The van der Waals surface area contributed by atoms with E-state index in [2.05, 4.69) is 0 Å². The highest BCUT2D eigenvalue weighted by atomic mass is 19.1. The average Bonchev–Trinajstić information content (AvgIpc) is 3.20. The molecule has 0 atom stereocenters. The number of hydrogen-bond donors (Lipinski definition) is 1. The molecular weight excluding hydrogens is 227 g/mol. The number of hydrogen-bond acceptors (Lipinski definition) is 1. The average molecular weight is 242 g/mol. The van der Waals surface area contributed by atoms with Crippen LogP contribution in [0.2, 0.25) is 0 Å². The standard InChI is InChI=1S/C16H15FO/c17-15-3-1-2-13(10-15)12-4-6-14(7-5-12)16(11-18)8-9-16/h1-7,10,18H,8-9,11H2. The minimum Gasteiger partial charge on any atom is -0.395 e. The highest BCUT2D eigenvalue weighted by molar-refractivity contribution is 5.64. The molecule has 1 aliphatic rings. The van der Waals surface area contributed by atoms with Gasteiger partial charge in [0.2, 0.25) is 0 Å². The predicted octanol–water partition coefficient (Wildman–Crippen LogP) is 3.52. The Morgan fingerprint density at radius 1 is 1.00 bits per heavy atom. The van der Waals surface area contributed by atoms with E-state index in [4.69, 9.17) is 0 Å². The monoisotopic (exact) mass is 242 g/mol. The van der Waals surface area contributed by atoms with Gasteiger partial charge in [-0.1, -0.05) is 36.4 Å². The van der Waals surface area contributed by atoms with Crippen molar-refractivity contribution in [2.75, 3.05) is 6.61 Å². The van der Waals surface area contributed by atoms with Crippen LogP contribution in [-0.2, 0) is 5.41 Å². The number of aliphatic hydroxyl groups is 1. The number of halogens is 1. The molecule has 0 aromatic heterocycles. The Balaban J connectivity index is 1.92. The summed E-state index contributed by atoms with van der Waals surface area (Å²) in [6, 6.07) is 14.7. The van der Waals surface area contributed by atoms with Crippen LogP contribution in [-0.4, -0.2) is 11.7 Å². The first kappa shape index (κ1) is 11.4. The van der Waals surface area contributed by atoms with Gasteiger partial charge in [-0.05, 0) is 41.7 Å². The Hall–Kier alpha value is -1.67. The molecule has 0 aliphatic heterocycles. The second-order valence-corrected chi connectivity index (χ2v) is 5.03. The Bertz CT molecular complexity index is 556. The van der Waals surface area contributed by atoms with E-state index in [1.165, 1.54) is 17.7 Å². The van der Waals surface area contributed by atoms with Crippen LogP contribution in [0.5, 0.6) is 0 Å². The molecule has 18 heavy (non-hydrogen) atoms. The van der Waals surface area contributed by atoms with Crippen molar-refractivity contribution in [1.29, 1.82) is 0 Å². The fourth-order valence-electron chi connectivity index (χ4n) is 2.37. The third-order valence-electron chi connectivity index (χ3n) is 3.81. The van der Waals surface area contributed by atoms with Crippen molar-refractivity contribution in [2.24, 2.45) is 0 Å². The van der Waals surface area contributed by atoms with Gasteiger partial charge in [-0.15, -0.1) is 0 Å². The van der Waals surface area contributed by atoms with Crippen LogP contribution in [0, 0.1) is 5.82 Å². The molecule has 1 aliphatic carbocycles. The zero-order valence-corrected chi connectivity index (χ0v) is 10.1. The van der Waals surface area contributed by atoms with Gasteiger partial charge in [0, 0.05) is 5.41 Å². The Kier molecular flexibility index (Phi) is 2.67. The molecule has 2 heteroatoms. The Labute approximate surface area is 106 Å². The summed E-state index contributed by atoms with van der Waals surface area (Å²) in [7, 11) is 0. The molecule has 0 spiro atoms.